The Morgan fingerprint density at radius 2 is 1.82 bits per heavy atom. The van der Waals surface area contributed by atoms with Crippen molar-refractivity contribution in [1.82, 2.24) is 0 Å². The van der Waals surface area contributed by atoms with E-state index >= 15 is 0 Å². The molecule has 0 spiro atoms. The second-order valence-corrected chi connectivity index (χ2v) is 5.39. The number of ether oxygens (including phenoxy) is 1. The molecule has 0 amide bonds. The molecule has 0 bridgehead atoms. The Bertz CT molecular complexity index is 348. The Labute approximate surface area is 114 Å². The summed E-state index contributed by atoms with van der Waals surface area (Å²) in [6.07, 6.45) is 2.28. The van der Waals surface area contributed by atoms with E-state index in [0.717, 1.165) is 30.5 Å². The maximum atomic E-state index is 6.03. The molecule has 2 heteroatoms. The van der Waals surface area contributed by atoms with Crippen molar-refractivity contribution < 1.29 is 4.74 Å². The standard InChI is InChI=1S/C15H23BrO/c1-5-15(6-2,10-16)11-17-14-9-7-8-12(3)13(14)4/h7-9H,5-6,10-11H2,1-4H3. The molecule has 1 nitrogen and oxygen atoms in total. The highest BCUT2D eigenvalue weighted by molar-refractivity contribution is 9.09. The molecule has 0 fully saturated rings. The molecule has 0 atom stereocenters. The molecule has 96 valence electrons. The molecule has 17 heavy (non-hydrogen) atoms. The monoisotopic (exact) mass is 298 g/mol. The lowest BCUT2D eigenvalue weighted by Gasteiger charge is -2.29. The van der Waals surface area contributed by atoms with Crippen LogP contribution in [-0.4, -0.2) is 11.9 Å². The third-order valence-electron chi connectivity index (χ3n) is 3.87. The van der Waals surface area contributed by atoms with Crippen LogP contribution in [0.3, 0.4) is 0 Å². The van der Waals surface area contributed by atoms with Gasteiger partial charge >= 0.3 is 0 Å². The average Bonchev–Trinajstić information content (AvgIpc) is 2.36. The summed E-state index contributed by atoms with van der Waals surface area (Å²) in [6, 6.07) is 6.25. The number of alkyl halides is 1. The van der Waals surface area contributed by atoms with Crippen LogP contribution in [-0.2, 0) is 0 Å². The van der Waals surface area contributed by atoms with Crippen LogP contribution in [0.25, 0.3) is 0 Å². The first-order valence-electron chi connectivity index (χ1n) is 6.33. The van der Waals surface area contributed by atoms with Crippen molar-refractivity contribution in [3.05, 3.63) is 29.3 Å². The molecule has 0 saturated heterocycles. The molecule has 1 aromatic carbocycles. The molecule has 0 saturated carbocycles. The zero-order valence-corrected chi connectivity index (χ0v) is 12.9. The fourth-order valence-electron chi connectivity index (χ4n) is 1.79. The third kappa shape index (κ3) is 3.48. The van der Waals surface area contributed by atoms with Gasteiger partial charge in [0.15, 0.2) is 0 Å². The number of halogens is 1. The molecule has 0 unspecified atom stereocenters. The van der Waals surface area contributed by atoms with Crippen molar-refractivity contribution in [3.63, 3.8) is 0 Å². The van der Waals surface area contributed by atoms with Crippen molar-refractivity contribution >= 4 is 15.9 Å². The van der Waals surface area contributed by atoms with E-state index in [1.807, 2.05) is 0 Å². The predicted molar refractivity (Wildman–Crippen MR) is 78.2 cm³/mol. The molecule has 0 aromatic heterocycles. The summed E-state index contributed by atoms with van der Waals surface area (Å²) in [5.74, 6) is 1.03. The molecule has 0 aliphatic heterocycles. The normalized spacial score (nSPS) is 11.6. The minimum absolute atomic E-state index is 0.260. The predicted octanol–water partition coefficient (Wildman–Crippen LogP) is 4.88. The van der Waals surface area contributed by atoms with Gasteiger partial charge in [0.1, 0.15) is 5.75 Å². The van der Waals surface area contributed by atoms with Crippen molar-refractivity contribution in [1.29, 1.82) is 0 Å². The maximum absolute atomic E-state index is 6.03. The summed E-state index contributed by atoms with van der Waals surface area (Å²) in [7, 11) is 0. The molecule has 0 N–H and O–H groups in total. The quantitative estimate of drug-likeness (QED) is 0.680. The summed E-state index contributed by atoms with van der Waals surface area (Å²) in [6.45, 7) is 9.50. The van der Waals surface area contributed by atoms with Gasteiger partial charge in [-0.2, -0.15) is 0 Å². The van der Waals surface area contributed by atoms with Gasteiger partial charge in [-0.25, -0.2) is 0 Å². The van der Waals surface area contributed by atoms with Gasteiger partial charge in [-0.15, -0.1) is 0 Å². The SMILES string of the molecule is CCC(CC)(CBr)COc1cccc(C)c1C. The van der Waals surface area contributed by atoms with Crippen molar-refractivity contribution in [2.75, 3.05) is 11.9 Å². The minimum atomic E-state index is 0.260. The van der Waals surface area contributed by atoms with Crippen LogP contribution in [0.2, 0.25) is 0 Å². The van der Waals surface area contributed by atoms with E-state index in [-0.39, 0.29) is 5.41 Å². The highest BCUT2D eigenvalue weighted by Crippen LogP contribution is 2.31. The Balaban J connectivity index is 2.75. The van der Waals surface area contributed by atoms with Crippen LogP contribution in [0.1, 0.15) is 37.8 Å². The lowest BCUT2D eigenvalue weighted by Crippen LogP contribution is -2.29. The second kappa shape index (κ2) is 6.44. The third-order valence-corrected chi connectivity index (χ3v) is 5.06. The highest BCUT2D eigenvalue weighted by atomic mass is 79.9. The zero-order chi connectivity index (χ0) is 12.9. The number of benzene rings is 1. The first-order chi connectivity index (χ1) is 8.08. The van der Waals surface area contributed by atoms with Gasteiger partial charge in [-0.3, -0.25) is 0 Å². The van der Waals surface area contributed by atoms with Crippen molar-refractivity contribution in [2.24, 2.45) is 5.41 Å². The van der Waals surface area contributed by atoms with Gasteiger partial charge < -0.3 is 4.74 Å². The molecule has 0 aliphatic carbocycles. The zero-order valence-electron chi connectivity index (χ0n) is 11.3. The van der Waals surface area contributed by atoms with E-state index in [1.165, 1.54) is 11.1 Å². The lowest BCUT2D eigenvalue weighted by molar-refractivity contribution is 0.157. The number of hydrogen-bond acceptors (Lipinski definition) is 1. The van der Waals surface area contributed by atoms with Gasteiger partial charge in [0.25, 0.3) is 0 Å². The van der Waals surface area contributed by atoms with Gasteiger partial charge in [-0.1, -0.05) is 41.9 Å². The lowest BCUT2D eigenvalue weighted by atomic mass is 9.86. The number of hydrogen-bond donors (Lipinski definition) is 0. The van der Waals surface area contributed by atoms with Crippen molar-refractivity contribution in [3.8, 4) is 5.75 Å². The largest absolute Gasteiger partial charge is 0.493 e. The number of rotatable bonds is 6. The number of aryl methyl sites for hydroxylation is 1. The maximum Gasteiger partial charge on any atom is 0.122 e. The molecule has 1 aromatic rings. The smallest absolute Gasteiger partial charge is 0.122 e. The Kier molecular flexibility index (Phi) is 5.51. The van der Waals surface area contributed by atoms with Crippen LogP contribution in [0, 0.1) is 19.3 Å². The Morgan fingerprint density at radius 3 is 2.35 bits per heavy atom. The first-order valence-corrected chi connectivity index (χ1v) is 7.45. The highest BCUT2D eigenvalue weighted by Gasteiger charge is 2.26. The van der Waals surface area contributed by atoms with Crippen LogP contribution < -0.4 is 4.74 Å². The Morgan fingerprint density at radius 1 is 1.18 bits per heavy atom. The van der Waals surface area contributed by atoms with Crippen LogP contribution in [0.4, 0.5) is 0 Å². The summed E-state index contributed by atoms with van der Waals surface area (Å²) in [5, 5.41) is 0.998. The van der Waals surface area contributed by atoms with Gasteiger partial charge in [0.05, 0.1) is 6.61 Å². The van der Waals surface area contributed by atoms with E-state index in [1.54, 1.807) is 0 Å². The topological polar surface area (TPSA) is 9.23 Å². The summed E-state index contributed by atoms with van der Waals surface area (Å²) >= 11 is 3.62. The minimum Gasteiger partial charge on any atom is -0.493 e. The molecule has 0 aliphatic rings. The van der Waals surface area contributed by atoms with Gasteiger partial charge in [0.2, 0.25) is 0 Å². The molecule has 1 rings (SSSR count). The van der Waals surface area contributed by atoms with Crippen LogP contribution in [0.5, 0.6) is 5.75 Å². The Hall–Kier alpha value is -0.500. The summed E-state index contributed by atoms with van der Waals surface area (Å²) in [4.78, 5) is 0. The van der Waals surface area contributed by atoms with E-state index in [4.69, 9.17) is 4.74 Å². The average molecular weight is 299 g/mol. The van der Waals surface area contributed by atoms with Gasteiger partial charge in [0, 0.05) is 10.7 Å². The van der Waals surface area contributed by atoms with Crippen LogP contribution in [0.15, 0.2) is 18.2 Å². The molecular weight excluding hydrogens is 276 g/mol. The van der Waals surface area contributed by atoms with Crippen molar-refractivity contribution in [2.45, 2.75) is 40.5 Å². The van der Waals surface area contributed by atoms with Crippen LogP contribution >= 0.6 is 15.9 Å². The molecule has 0 heterocycles. The van der Waals surface area contributed by atoms with E-state index in [2.05, 4.69) is 61.8 Å². The van der Waals surface area contributed by atoms with E-state index in [0.29, 0.717) is 0 Å². The van der Waals surface area contributed by atoms with E-state index < -0.39 is 0 Å². The first kappa shape index (κ1) is 14.6. The van der Waals surface area contributed by atoms with Gasteiger partial charge in [-0.05, 0) is 43.9 Å². The molecule has 0 radical (unpaired) electrons. The molecular formula is C15H23BrO. The summed E-state index contributed by atoms with van der Waals surface area (Å²) in [5.41, 5.74) is 2.80. The fourth-order valence-corrected chi connectivity index (χ4v) is 2.75. The summed E-state index contributed by atoms with van der Waals surface area (Å²) < 4.78 is 6.03. The fraction of sp³-hybridized carbons (Fsp3) is 0.600. The van der Waals surface area contributed by atoms with E-state index in [9.17, 15) is 0 Å². The second-order valence-electron chi connectivity index (χ2n) is 4.83.